The molecule has 0 radical (unpaired) electrons. The molecule has 9 rings (SSSR count). The van der Waals surface area contributed by atoms with Gasteiger partial charge in [-0.2, -0.15) is 5.10 Å². The number of hydrogen-bond acceptors (Lipinski definition) is 14. The summed E-state index contributed by atoms with van der Waals surface area (Å²) in [4.78, 5) is 51.5. The van der Waals surface area contributed by atoms with Gasteiger partial charge in [0.1, 0.15) is 12.7 Å². The number of benzene rings is 2. The number of aromatic nitrogens is 6. The Balaban J connectivity index is 0. The van der Waals surface area contributed by atoms with E-state index in [4.69, 9.17) is 21.7 Å². The Kier molecular flexibility index (Phi) is 44.4. The number of rotatable bonds is 3. The first kappa shape index (κ1) is 108. The number of thiazole rings is 3. The molecule has 18 heteroatoms. The molecular formula is C95H154N10O5S3. The fourth-order valence-electron chi connectivity index (χ4n) is 7.79. The van der Waals surface area contributed by atoms with Gasteiger partial charge in [-0.05, 0) is 202 Å². The van der Waals surface area contributed by atoms with Crippen LogP contribution < -0.4 is 22.1 Å². The molecule has 0 bridgehead atoms. The lowest BCUT2D eigenvalue weighted by Crippen LogP contribution is -2.25. The highest BCUT2D eigenvalue weighted by Crippen LogP contribution is 2.44. The van der Waals surface area contributed by atoms with Crippen molar-refractivity contribution >= 4 is 77.3 Å². The summed E-state index contributed by atoms with van der Waals surface area (Å²) in [5.74, 6) is 18.8. The predicted octanol–water partition coefficient (Wildman–Crippen LogP) is 24.6. The normalized spacial score (nSPS) is 13.1. The summed E-state index contributed by atoms with van der Waals surface area (Å²) in [6.07, 6.45) is 16.3. The van der Waals surface area contributed by atoms with Crippen molar-refractivity contribution in [3.05, 3.63) is 129 Å². The Morgan fingerprint density at radius 3 is 1.28 bits per heavy atom. The monoisotopic (exact) mass is 1610 g/mol. The van der Waals surface area contributed by atoms with Crippen molar-refractivity contribution in [1.29, 1.82) is 0 Å². The van der Waals surface area contributed by atoms with E-state index in [2.05, 4.69) is 302 Å². The van der Waals surface area contributed by atoms with E-state index in [-0.39, 0.29) is 73.1 Å². The van der Waals surface area contributed by atoms with Gasteiger partial charge >= 0.3 is 0 Å². The number of pyridine rings is 1. The first-order valence-corrected chi connectivity index (χ1v) is 42.0. The lowest BCUT2D eigenvalue weighted by atomic mass is 9.71. The number of hydrogen-bond donors (Lipinski definition) is 7. The quantitative estimate of drug-likeness (QED) is 0.0820. The Labute approximate surface area is 699 Å². The van der Waals surface area contributed by atoms with E-state index in [1.54, 1.807) is 30.5 Å². The number of aliphatic hydroxyl groups excluding tert-OH is 2. The van der Waals surface area contributed by atoms with Crippen LogP contribution in [0.15, 0.2) is 91.8 Å². The molecule has 0 aliphatic heterocycles. The second kappa shape index (κ2) is 46.5. The number of nitrogens with one attached hydrogen (secondary N) is 3. The Bertz CT molecular complexity index is 4050. The fourth-order valence-corrected chi connectivity index (χ4v) is 10.4. The summed E-state index contributed by atoms with van der Waals surface area (Å²) in [5, 5.41) is 31.0. The average Bonchev–Trinajstić information content (AvgIpc) is 1.69. The molecular weight excluding hydrogens is 1460 g/mol. The number of primary amides is 1. The lowest BCUT2D eigenvalue weighted by molar-refractivity contribution is -0.115. The summed E-state index contributed by atoms with van der Waals surface area (Å²) in [7, 11) is 0. The van der Waals surface area contributed by atoms with E-state index < -0.39 is 6.10 Å². The summed E-state index contributed by atoms with van der Waals surface area (Å²) in [5.41, 5.74) is 19.8. The second-order valence-corrected chi connectivity index (χ2v) is 44.3. The summed E-state index contributed by atoms with van der Waals surface area (Å²) in [6, 6.07) is 17.8. The van der Waals surface area contributed by atoms with Crippen LogP contribution in [0.3, 0.4) is 0 Å². The molecule has 0 unspecified atom stereocenters. The Morgan fingerprint density at radius 2 is 0.991 bits per heavy atom. The van der Waals surface area contributed by atoms with Crippen molar-refractivity contribution < 1.29 is 24.6 Å². The van der Waals surface area contributed by atoms with Gasteiger partial charge in [-0.1, -0.05) is 258 Å². The molecule has 113 heavy (non-hydrogen) atoms. The SMILES string of the molecule is CC(=O)Nc1nc2ccc(C(C)(C)C)cc2s1.CC(=O)Nc1ncc(C(C)(C)C)s1.CC(C)(C)C#CC1CC1.CC(C)(C)C#CCO.CC(C)(C)C(C)(C)C.CC(C)(C)C1CC1.CC(C)(C)c1cccc(C(N)=O)c1.CC(C)(C)c1cccnc1.CC(C)(C)c1cn[nH]c1.CC(C)(C)c1cnc(N)s1.C[C@@H](O)C#CC(C)(C)C. The largest absolute Gasteiger partial charge is 0.384 e. The first-order valence-electron chi connectivity index (χ1n) is 39.6. The van der Waals surface area contributed by atoms with E-state index >= 15 is 0 Å². The van der Waals surface area contributed by atoms with Crippen LogP contribution in [0.5, 0.6) is 0 Å². The molecule has 5 aromatic heterocycles. The molecule has 2 aliphatic carbocycles. The molecule has 2 aromatic carbocycles. The van der Waals surface area contributed by atoms with Crippen LogP contribution in [0.25, 0.3) is 10.2 Å². The molecule has 632 valence electrons. The highest BCUT2D eigenvalue weighted by Gasteiger charge is 2.33. The van der Waals surface area contributed by atoms with Crippen LogP contribution in [-0.2, 0) is 42.1 Å². The topological polar surface area (TPSA) is 248 Å². The molecule has 0 spiro atoms. The molecule has 2 aliphatic rings. The maximum atomic E-state index is 11.0. The van der Waals surface area contributed by atoms with Crippen molar-refractivity contribution in [2.75, 3.05) is 23.0 Å². The van der Waals surface area contributed by atoms with Crippen LogP contribution in [0.1, 0.15) is 338 Å². The van der Waals surface area contributed by atoms with E-state index in [1.165, 1.54) is 88.6 Å². The zero-order valence-corrected chi connectivity index (χ0v) is 80.1. The predicted molar refractivity (Wildman–Crippen MR) is 491 cm³/mol. The van der Waals surface area contributed by atoms with Crippen LogP contribution in [0.2, 0.25) is 0 Å². The van der Waals surface area contributed by atoms with Crippen molar-refractivity contribution in [3.63, 3.8) is 0 Å². The van der Waals surface area contributed by atoms with Gasteiger partial charge in [-0.25, -0.2) is 15.0 Å². The fraction of sp³-hybridized carbons (Fsp3) is 0.621. The van der Waals surface area contributed by atoms with E-state index in [0.717, 1.165) is 27.6 Å². The molecule has 3 amide bonds. The van der Waals surface area contributed by atoms with Gasteiger partial charge in [0.2, 0.25) is 17.7 Å². The number of anilines is 3. The zero-order chi connectivity index (χ0) is 88.6. The van der Waals surface area contributed by atoms with Crippen LogP contribution in [0.4, 0.5) is 15.4 Å². The maximum Gasteiger partial charge on any atom is 0.248 e. The van der Waals surface area contributed by atoms with Gasteiger partial charge in [-0.15, -0.1) is 22.7 Å². The highest BCUT2D eigenvalue weighted by atomic mass is 32.1. The number of nitrogens with zero attached hydrogens (tertiary/aromatic N) is 5. The number of amides is 3. The molecule has 15 nitrogen and oxygen atoms in total. The lowest BCUT2D eigenvalue weighted by Gasteiger charge is -2.34. The van der Waals surface area contributed by atoms with Gasteiger partial charge < -0.3 is 32.3 Å². The van der Waals surface area contributed by atoms with E-state index in [9.17, 15) is 14.4 Å². The minimum absolute atomic E-state index is 0.0109. The van der Waals surface area contributed by atoms with Crippen LogP contribution in [0, 0.1) is 79.8 Å². The number of aromatic amines is 1. The standard InChI is InChI=1S/C13H16N2OS.C11H15NO.C9H14N2OS.C9H13N.C9H14.C8H14O.C8H18.C7H12N2S.C7H12N2.C7H12O.C7H14/c1-8(16)14-12-15-10-6-5-9(13(2,3)4)7-11(10)17-12;1-11(2,3)9-6-4-5-8(7-9)10(12)13;1-6(12)11-8-10-5-7(13-8)9(2,3)4;1-9(2,3)8-5-4-6-10-7-8;1-9(2,3)7-6-8-4-5-8;1-7(9)5-6-8(2,3)4;1-7(2,3)8(4,5)6;1-7(2,3)5-4-9-6(8)10-5;1-7(2,3)6-4-8-9-5-6;1-7(2,3)5-4-6-8;1-7(2,3)6-4-5-6/h5-7H,1-4H3,(H,14,15,16);4-7H,1-3H3,(H2,12,13);5H,1-4H3,(H,10,11,12);4-7H,1-3H3;8H,4-5H2,1-3H3;7,9H,1-4H3;1-6H3;4H,1-3H3,(H2,8,9);4-5H,1-3H3,(H,8,9);8H,6H2,1-3H3;6H,4-5H2,1-3H3/t;;;;;7-;;;;;/m.....1...../s1. The van der Waals surface area contributed by atoms with Crippen molar-refractivity contribution in [2.45, 2.75) is 334 Å². The van der Waals surface area contributed by atoms with Crippen molar-refractivity contribution in [2.24, 2.45) is 50.1 Å². The summed E-state index contributed by atoms with van der Waals surface area (Å²) >= 11 is 4.60. The van der Waals surface area contributed by atoms with E-state index in [1.807, 2.05) is 103 Å². The van der Waals surface area contributed by atoms with Crippen molar-refractivity contribution in [3.8, 4) is 35.5 Å². The molecule has 0 saturated heterocycles. The molecule has 5 heterocycles. The number of H-pyrrole nitrogens is 1. The minimum Gasteiger partial charge on any atom is -0.384 e. The third-order valence-electron chi connectivity index (χ3n) is 16.7. The number of carbonyl (C=O) groups is 3. The van der Waals surface area contributed by atoms with Gasteiger partial charge in [-0.3, -0.25) is 24.5 Å². The Morgan fingerprint density at radius 1 is 0.531 bits per heavy atom. The highest BCUT2D eigenvalue weighted by molar-refractivity contribution is 7.22. The van der Waals surface area contributed by atoms with Gasteiger partial charge in [0.05, 0.1) is 16.4 Å². The summed E-state index contributed by atoms with van der Waals surface area (Å²) in [6.45, 7) is 82.5. The van der Waals surface area contributed by atoms with Crippen LogP contribution in [-0.4, -0.2) is 70.8 Å². The minimum atomic E-state index is -0.496. The molecule has 7 aromatic rings. The number of aliphatic hydroxyl groups is 2. The number of nitrogen functional groups attached to an aromatic ring is 1. The van der Waals surface area contributed by atoms with Gasteiger partial charge in [0.15, 0.2) is 15.4 Å². The number of carbonyl (C=O) groups excluding carboxylic acids is 3. The van der Waals surface area contributed by atoms with Crippen molar-refractivity contribution in [1.82, 2.24) is 30.1 Å². The van der Waals surface area contributed by atoms with E-state index in [0.29, 0.717) is 37.2 Å². The average molecular weight is 1610 g/mol. The third kappa shape index (κ3) is 54.3. The maximum absolute atomic E-state index is 11.0. The molecule has 9 N–H and O–H groups in total. The molecule has 2 saturated carbocycles. The third-order valence-corrected chi connectivity index (χ3v) is 20.2. The van der Waals surface area contributed by atoms with Gasteiger partial charge in [0.25, 0.3) is 0 Å². The smallest absolute Gasteiger partial charge is 0.248 e. The van der Waals surface area contributed by atoms with Crippen LogP contribution >= 0.6 is 34.0 Å². The number of nitrogens with two attached hydrogens (primary N) is 2. The first-order chi connectivity index (χ1) is 50.8. The second-order valence-electron chi connectivity index (χ2n) is 41.2. The molecule has 1 atom stereocenters. The zero-order valence-electron chi connectivity index (χ0n) is 77.7. The Hall–Kier alpha value is -7.24. The molecule has 2 fully saturated rings. The number of fused-ring (bicyclic) bond motifs is 1. The summed E-state index contributed by atoms with van der Waals surface area (Å²) < 4.78 is 1.11. The van der Waals surface area contributed by atoms with Gasteiger partial charge in [0, 0.05) is 82.3 Å².